The van der Waals surface area contributed by atoms with Gasteiger partial charge in [0.2, 0.25) is 0 Å². The Labute approximate surface area is 123 Å². The molecule has 1 rings (SSSR count). The number of carbonyl (C=O) groups is 3. The maximum atomic E-state index is 11.8. The fourth-order valence-corrected chi connectivity index (χ4v) is 1.44. The molecular formula is C15H17O6+. The van der Waals surface area contributed by atoms with Crippen molar-refractivity contribution in [3.63, 3.8) is 0 Å². The Hall–Kier alpha value is -2.63. The van der Waals surface area contributed by atoms with Crippen LogP contribution in [0.3, 0.4) is 0 Å². The van der Waals surface area contributed by atoms with Gasteiger partial charge in [-0.3, -0.25) is 0 Å². The molecule has 0 aromatic heterocycles. The lowest BCUT2D eigenvalue weighted by atomic mass is 10.1. The van der Waals surface area contributed by atoms with Crippen molar-refractivity contribution < 1.29 is 30.4 Å². The lowest BCUT2D eigenvalue weighted by Crippen LogP contribution is -2.14. The van der Waals surface area contributed by atoms with Crippen molar-refractivity contribution in [3.8, 4) is 0 Å². The second-order valence-corrected chi connectivity index (χ2v) is 4.26. The molecule has 21 heavy (non-hydrogen) atoms. The maximum Gasteiger partial charge on any atom is 1.00 e. The van der Waals surface area contributed by atoms with E-state index < -0.39 is 17.9 Å². The number of esters is 2. The molecule has 0 bridgehead atoms. The first kappa shape index (κ1) is 16.4. The van der Waals surface area contributed by atoms with E-state index in [1.165, 1.54) is 25.1 Å². The fraction of sp³-hybridized carbons (Fsp3) is 0.267. The van der Waals surface area contributed by atoms with Crippen LogP contribution < -0.4 is 0 Å². The summed E-state index contributed by atoms with van der Waals surface area (Å²) in [4.78, 5) is 33.8. The predicted octanol–water partition coefficient (Wildman–Crippen LogP) is 2.16. The summed E-state index contributed by atoms with van der Waals surface area (Å²) in [7, 11) is 0. The molecule has 0 saturated carbocycles. The average molecular weight is 293 g/mol. The van der Waals surface area contributed by atoms with Crippen LogP contribution in [0, 0.1) is 0 Å². The van der Waals surface area contributed by atoms with Crippen LogP contribution >= 0.6 is 0 Å². The molecule has 0 spiro atoms. The Bertz CT molecular complexity index is 567. The van der Waals surface area contributed by atoms with Crippen LogP contribution in [0.1, 0.15) is 35.5 Å². The molecule has 0 heterocycles. The van der Waals surface area contributed by atoms with Crippen LogP contribution in [0.5, 0.6) is 0 Å². The van der Waals surface area contributed by atoms with Crippen molar-refractivity contribution in [2.75, 3.05) is 13.2 Å². The van der Waals surface area contributed by atoms with Crippen LogP contribution in [0.25, 0.3) is 0 Å². The minimum absolute atomic E-state index is 0. The van der Waals surface area contributed by atoms with E-state index in [1.807, 2.05) is 0 Å². The SMILES string of the molecule is C=C(C)C(=O)OCCCOC(=O)c1ccccc1C(=O)O.[H+]. The second-order valence-electron chi connectivity index (χ2n) is 4.26. The number of rotatable bonds is 7. The van der Waals surface area contributed by atoms with Crippen LogP contribution in [-0.4, -0.2) is 36.2 Å². The van der Waals surface area contributed by atoms with Crippen LogP contribution in [-0.2, 0) is 14.3 Å². The summed E-state index contributed by atoms with van der Waals surface area (Å²) in [6.45, 7) is 5.09. The van der Waals surface area contributed by atoms with E-state index in [4.69, 9.17) is 14.6 Å². The summed E-state index contributed by atoms with van der Waals surface area (Å²) in [6.07, 6.45) is 0.319. The number of aromatic carboxylic acids is 1. The third-order valence-electron chi connectivity index (χ3n) is 2.48. The number of hydrogen-bond donors (Lipinski definition) is 1. The number of carboxylic acids is 1. The molecule has 6 nitrogen and oxygen atoms in total. The quantitative estimate of drug-likeness (QED) is 0.470. The molecule has 6 heteroatoms. The monoisotopic (exact) mass is 293 g/mol. The summed E-state index contributed by atoms with van der Waals surface area (Å²) >= 11 is 0. The van der Waals surface area contributed by atoms with Gasteiger partial charge in [0.25, 0.3) is 0 Å². The predicted molar refractivity (Wildman–Crippen MR) is 75.2 cm³/mol. The zero-order valence-electron chi connectivity index (χ0n) is 12.6. The Balaban J connectivity index is 0.00000441. The topological polar surface area (TPSA) is 89.9 Å². The lowest BCUT2D eigenvalue weighted by molar-refractivity contribution is -0.139. The molecule has 0 unspecified atom stereocenters. The van der Waals surface area contributed by atoms with E-state index in [0.717, 1.165) is 0 Å². The number of hydrogen-bond acceptors (Lipinski definition) is 5. The van der Waals surface area contributed by atoms with Gasteiger partial charge in [-0.1, -0.05) is 18.7 Å². The first-order valence-electron chi connectivity index (χ1n) is 6.25. The van der Waals surface area contributed by atoms with E-state index in [2.05, 4.69) is 6.58 Å². The largest absolute Gasteiger partial charge is 1.00 e. The van der Waals surface area contributed by atoms with Crippen LogP contribution in [0.2, 0.25) is 0 Å². The highest BCUT2D eigenvalue weighted by molar-refractivity contribution is 6.02. The van der Waals surface area contributed by atoms with E-state index in [0.29, 0.717) is 12.0 Å². The van der Waals surface area contributed by atoms with Gasteiger partial charge in [-0.15, -0.1) is 0 Å². The lowest BCUT2D eigenvalue weighted by Gasteiger charge is -2.07. The summed E-state index contributed by atoms with van der Waals surface area (Å²) < 4.78 is 9.77. The molecule has 0 aliphatic rings. The van der Waals surface area contributed by atoms with Gasteiger partial charge in [0.05, 0.1) is 24.3 Å². The van der Waals surface area contributed by atoms with Crippen molar-refractivity contribution in [1.29, 1.82) is 0 Å². The van der Waals surface area contributed by atoms with Gasteiger partial charge in [-0.25, -0.2) is 14.4 Å². The highest BCUT2D eigenvalue weighted by atomic mass is 16.5. The Morgan fingerprint density at radius 2 is 1.71 bits per heavy atom. The van der Waals surface area contributed by atoms with Crippen molar-refractivity contribution in [2.24, 2.45) is 0 Å². The Morgan fingerprint density at radius 3 is 2.29 bits per heavy atom. The molecule has 1 aromatic carbocycles. The van der Waals surface area contributed by atoms with Gasteiger partial charge in [0.15, 0.2) is 0 Å². The molecule has 0 radical (unpaired) electrons. The van der Waals surface area contributed by atoms with Crippen LogP contribution in [0.15, 0.2) is 36.4 Å². The van der Waals surface area contributed by atoms with E-state index >= 15 is 0 Å². The summed E-state index contributed by atoms with van der Waals surface area (Å²) in [5, 5.41) is 8.96. The molecule has 0 fully saturated rings. The van der Waals surface area contributed by atoms with Gasteiger partial charge < -0.3 is 14.6 Å². The molecular weight excluding hydrogens is 276 g/mol. The molecule has 0 aliphatic heterocycles. The first-order chi connectivity index (χ1) is 9.93. The van der Waals surface area contributed by atoms with E-state index in [9.17, 15) is 14.4 Å². The normalized spacial score (nSPS) is 9.76. The Morgan fingerprint density at radius 1 is 1.14 bits per heavy atom. The van der Waals surface area contributed by atoms with E-state index in [-0.39, 0.29) is 25.8 Å². The van der Waals surface area contributed by atoms with Gasteiger partial charge in [-0.2, -0.15) is 0 Å². The van der Waals surface area contributed by atoms with Crippen molar-refractivity contribution >= 4 is 17.9 Å². The second kappa shape index (κ2) is 7.84. The summed E-state index contributed by atoms with van der Waals surface area (Å²) in [5.41, 5.74) is 0.169. The van der Waals surface area contributed by atoms with Crippen molar-refractivity contribution in [2.45, 2.75) is 13.3 Å². The zero-order chi connectivity index (χ0) is 15.8. The number of ether oxygens (including phenoxy) is 2. The van der Waals surface area contributed by atoms with Crippen molar-refractivity contribution in [3.05, 3.63) is 47.5 Å². The summed E-state index contributed by atoms with van der Waals surface area (Å²) in [6, 6.07) is 5.79. The highest BCUT2D eigenvalue weighted by Gasteiger charge is 2.16. The smallest absolute Gasteiger partial charge is 0.478 e. The van der Waals surface area contributed by atoms with Crippen molar-refractivity contribution in [1.82, 2.24) is 0 Å². The van der Waals surface area contributed by atoms with Gasteiger partial charge in [0, 0.05) is 12.0 Å². The minimum atomic E-state index is -1.20. The van der Waals surface area contributed by atoms with Crippen LogP contribution in [0.4, 0.5) is 0 Å². The van der Waals surface area contributed by atoms with Gasteiger partial charge >= 0.3 is 19.3 Å². The molecule has 0 saturated heterocycles. The third kappa shape index (κ3) is 5.10. The first-order valence-corrected chi connectivity index (χ1v) is 6.25. The minimum Gasteiger partial charge on any atom is -0.478 e. The zero-order valence-corrected chi connectivity index (χ0v) is 11.6. The Kier molecular flexibility index (Phi) is 6.13. The molecule has 0 amide bonds. The third-order valence-corrected chi connectivity index (χ3v) is 2.48. The average Bonchev–Trinajstić information content (AvgIpc) is 2.46. The van der Waals surface area contributed by atoms with Gasteiger partial charge in [-0.05, 0) is 19.1 Å². The molecule has 0 atom stereocenters. The number of carboxylic acid groups (broad SMARTS) is 1. The fourth-order valence-electron chi connectivity index (χ4n) is 1.44. The summed E-state index contributed by atoms with van der Waals surface area (Å²) in [5.74, 6) is -2.42. The van der Waals surface area contributed by atoms with Gasteiger partial charge in [0.1, 0.15) is 0 Å². The molecule has 112 valence electrons. The number of carbonyl (C=O) groups excluding carboxylic acids is 2. The molecule has 1 N–H and O–H groups in total. The van der Waals surface area contributed by atoms with E-state index in [1.54, 1.807) is 6.07 Å². The maximum absolute atomic E-state index is 11.8. The highest BCUT2D eigenvalue weighted by Crippen LogP contribution is 2.10. The molecule has 1 aromatic rings. The standard InChI is InChI=1S/C15H16O6/c1-10(2)14(18)20-8-5-9-21-15(19)12-7-4-3-6-11(12)13(16)17/h3-4,6-7H,1,5,8-9H2,2H3,(H,16,17)/p+1. The number of benzene rings is 1. The molecule has 0 aliphatic carbocycles.